The van der Waals surface area contributed by atoms with E-state index in [1.807, 2.05) is 12.1 Å². The van der Waals surface area contributed by atoms with Crippen molar-refractivity contribution in [2.45, 2.75) is 19.6 Å². The fourth-order valence-corrected chi connectivity index (χ4v) is 4.47. The first-order valence-electron chi connectivity index (χ1n) is 9.57. The summed E-state index contributed by atoms with van der Waals surface area (Å²) in [4.78, 5) is 45.1. The Labute approximate surface area is 182 Å². The minimum Gasteiger partial charge on any atom is -0.478 e. The number of hydrogen-bond acceptors (Lipinski definition) is 5. The van der Waals surface area contributed by atoms with Gasteiger partial charge in [0.25, 0.3) is 5.91 Å². The van der Waals surface area contributed by atoms with E-state index >= 15 is 0 Å². The highest BCUT2D eigenvalue weighted by Gasteiger charge is 2.30. The number of urea groups is 1. The van der Waals surface area contributed by atoms with Gasteiger partial charge in [0.15, 0.2) is 0 Å². The number of pyridine rings is 1. The molecule has 0 saturated carbocycles. The number of anilines is 1. The lowest BCUT2D eigenvalue weighted by atomic mass is 10.1. The zero-order valence-corrected chi connectivity index (χ0v) is 17.6. The molecular weight excluding hydrogens is 416 g/mol. The molecule has 4 rings (SSSR count). The van der Waals surface area contributed by atoms with Crippen molar-refractivity contribution in [1.82, 2.24) is 15.2 Å². The molecular formula is C22H20N4O4S. The molecule has 8 nitrogen and oxygen atoms in total. The second kappa shape index (κ2) is 8.57. The van der Waals surface area contributed by atoms with Crippen LogP contribution in [0, 0.1) is 0 Å². The van der Waals surface area contributed by atoms with Gasteiger partial charge in [-0.3, -0.25) is 14.7 Å². The Morgan fingerprint density at radius 2 is 1.84 bits per heavy atom. The Bertz CT molecular complexity index is 1130. The highest BCUT2D eigenvalue weighted by molar-refractivity contribution is 7.14. The molecule has 0 saturated heterocycles. The maximum absolute atomic E-state index is 12.8. The Kier molecular flexibility index (Phi) is 5.68. The van der Waals surface area contributed by atoms with Crippen LogP contribution in [0.15, 0.2) is 54.9 Å². The van der Waals surface area contributed by atoms with E-state index < -0.39 is 5.97 Å². The van der Waals surface area contributed by atoms with Crippen molar-refractivity contribution in [2.75, 3.05) is 11.9 Å². The number of aromatic carboxylic acids is 1. The number of benzene rings is 1. The maximum atomic E-state index is 12.8. The van der Waals surface area contributed by atoms with Crippen molar-refractivity contribution < 1.29 is 19.5 Å². The summed E-state index contributed by atoms with van der Waals surface area (Å²) >= 11 is 1.37. The SMILES string of the molecule is CN1C(=O)N(Cc2ccc(C(=O)O)cc2)Cc2sc(C(=O)NCc3ccncc3)cc21. The quantitative estimate of drug-likeness (QED) is 0.617. The van der Waals surface area contributed by atoms with Crippen molar-refractivity contribution in [3.05, 3.63) is 81.3 Å². The second-order valence-electron chi connectivity index (χ2n) is 7.16. The standard InChI is InChI=1S/C22H20N4O4S/c1-25-17-10-18(20(27)24-11-14-6-8-23-9-7-14)31-19(17)13-26(22(25)30)12-15-2-4-16(5-3-15)21(28)29/h2-10H,11-13H2,1H3,(H,24,27)(H,28,29). The lowest BCUT2D eigenvalue weighted by Crippen LogP contribution is -2.44. The van der Waals surface area contributed by atoms with Crippen LogP contribution < -0.4 is 10.2 Å². The van der Waals surface area contributed by atoms with Crippen molar-refractivity contribution in [1.29, 1.82) is 0 Å². The second-order valence-corrected chi connectivity index (χ2v) is 8.29. The number of aromatic nitrogens is 1. The predicted molar refractivity (Wildman–Crippen MR) is 116 cm³/mol. The third kappa shape index (κ3) is 4.41. The van der Waals surface area contributed by atoms with Gasteiger partial charge in [-0.15, -0.1) is 11.3 Å². The highest BCUT2D eigenvalue weighted by atomic mass is 32.1. The van der Waals surface area contributed by atoms with Crippen molar-refractivity contribution in [3.8, 4) is 0 Å². The van der Waals surface area contributed by atoms with Gasteiger partial charge >= 0.3 is 12.0 Å². The monoisotopic (exact) mass is 436 g/mol. The fourth-order valence-electron chi connectivity index (χ4n) is 3.35. The summed E-state index contributed by atoms with van der Waals surface area (Å²) in [6.45, 7) is 1.14. The van der Waals surface area contributed by atoms with Crippen LogP contribution in [0.1, 0.15) is 36.0 Å². The van der Waals surface area contributed by atoms with Gasteiger partial charge in [0.05, 0.1) is 22.7 Å². The smallest absolute Gasteiger partial charge is 0.335 e. The van der Waals surface area contributed by atoms with Crippen molar-refractivity contribution >= 4 is 34.9 Å². The van der Waals surface area contributed by atoms with Crippen LogP contribution in [-0.4, -0.2) is 39.9 Å². The molecule has 0 radical (unpaired) electrons. The number of carbonyl (C=O) groups is 3. The van der Waals surface area contributed by atoms with Gasteiger partial charge in [0.2, 0.25) is 0 Å². The zero-order valence-electron chi connectivity index (χ0n) is 16.7. The summed E-state index contributed by atoms with van der Waals surface area (Å²) in [5.74, 6) is -1.17. The maximum Gasteiger partial charge on any atom is 0.335 e. The molecule has 158 valence electrons. The Morgan fingerprint density at radius 1 is 1.13 bits per heavy atom. The number of thiophene rings is 1. The van der Waals surface area contributed by atoms with Gasteiger partial charge in [-0.1, -0.05) is 12.1 Å². The molecule has 0 fully saturated rings. The number of carboxylic acids is 1. The number of rotatable bonds is 6. The van der Waals surface area contributed by atoms with Gasteiger partial charge in [-0.05, 0) is 41.5 Å². The van der Waals surface area contributed by atoms with Crippen LogP contribution in [0.2, 0.25) is 0 Å². The molecule has 3 heterocycles. The minimum atomic E-state index is -0.988. The third-order valence-electron chi connectivity index (χ3n) is 5.04. The fraction of sp³-hybridized carbons (Fsp3) is 0.182. The first-order chi connectivity index (χ1) is 14.9. The molecule has 1 aromatic carbocycles. The lowest BCUT2D eigenvalue weighted by molar-refractivity contribution is 0.0696. The topological polar surface area (TPSA) is 103 Å². The molecule has 2 aromatic heterocycles. The predicted octanol–water partition coefficient (Wildman–Crippen LogP) is 3.34. The molecule has 3 amide bonds. The molecule has 0 aliphatic carbocycles. The number of nitrogens with zero attached hydrogens (tertiary/aromatic N) is 3. The number of carboxylic acid groups (broad SMARTS) is 1. The van der Waals surface area contributed by atoms with E-state index in [0.29, 0.717) is 24.5 Å². The van der Waals surface area contributed by atoms with Gasteiger partial charge in [0, 0.05) is 37.4 Å². The molecule has 31 heavy (non-hydrogen) atoms. The average molecular weight is 436 g/mol. The molecule has 3 aromatic rings. The molecule has 0 atom stereocenters. The number of amides is 3. The van der Waals surface area contributed by atoms with E-state index in [2.05, 4.69) is 10.3 Å². The van der Waals surface area contributed by atoms with Gasteiger partial charge in [-0.25, -0.2) is 9.59 Å². The number of nitrogens with one attached hydrogen (secondary N) is 1. The van der Waals surface area contributed by atoms with Crippen LogP contribution in [0.25, 0.3) is 0 Å². The summed E-state index contributed by atoms with van der Waals surface area (Å²) < 4.78 is 0. The van der Waals surface area contributed by atoms with Gasteiger partial charge < -0.3 is 15.3 Å². The van der Waals surface area contributed by atoms with Crippen molar-refractivity contribution in [3.63, 3.8) is 0 Å². The van der Waals surface area contributed by atoms with Crippen LogP contribution in [0.3, 0.4) is 0 Å². The van der Waals surface area contributed by atoms with E-state index in [1.54, 1.807) is 47.4 Å². The number of carbonyl (C=O) groups excluding carboxylic acids is 2. The average Bonchev–Trinajstić information content (AvgIpc) is 3.21. The summed E-state index contributed by atoms with van der Waals surface area (Å²) in [7, 11) is 1.69. The third-order valence-corrected chi connectivity index (χ3v) is 6.15. The first-order valence-corrected chi connectivity index (χ1v) is 10.4. The van der Waals surface area contributed by atoms with Gasteiger partial charge in [-0.2, -0.15) is 0 Å². The van der Waals surface area contributed by atoms with E-state index in [9.17, 15) is 14.4 Å². The molecule has 0 bridgehead atoms. The van der Waals surface area contributed by atoms with Gasteiger partial charge in [0.1, 0.15) is 0 Å². The molecule has 1 aliphatic rings. The van der Waals surface area contributed by atoms with Crippen LogP contribution in [0.5, 0.6) is 0 Å². The van der Waals surface area contributed by atoms with E-state index in [4.69, 9.17) is 5.11 Å². The molecule has 9 heteroatoms. The minimum absolute atomic E-state index is 0.170. The van der Waals surface area contributed by atoms with Crippen LogP contribution in [-0.2, 0) is 19.6 Å². The molecule has 2 N–H and O–H groups in total. The van der Waals surface area contributed by atoms with E-state index in [0.717, 1.165) is 21.7 Å². The Hall–Kier alpha value is -3.72. The summed E-state index contributed by atoms with van der Waals surface area (Å²) in [5, 5.41) is 11.9. The number of hydrogen-bond donors (Lipinski definition) is 2. The number of fused-ring (bicyclic) bond motifs is 1. The molecule has 0 unspecified atom stereocenters. The summed E-state index contributed by atoms with van der Waals surface area (Å²) in [5.41, 5.74) is 2.73. The lowest BCUT2D eigenvalue weighted by Gasteiger charge is -2.33. The largest absolute Gasteiger partial charge is 0.478 e. The highest BCUT2D eigenvalue weighted by Crippen LogP contribution is 2.35. The first kappa shape index (κ1) is 20.5. The summed E-state index contributed by atoms with van der Waals surface area (Å²) in [6, 6.07) is 11.7. The van der Waals surface area contributed by atoms with E-state index in [1.165, 1.54) is 23.5 Å². The van der Waals surface area contributed by atoms with Crippen molar-refractivity contribution in [2.24, 2.45) is 0 Å². The Morgan fingerprint density at radius 3 is 2.52 bits per heavy atom. The Balaban J connectivity index is 1.46. The normalized spacial score (nSPS) is 13.1. The summed E-state index contributed by atoms with van der Waals surface area (Å²) in [6.07, 6.45) is 3.35. The zero-order chi connectivity index (χ0) is 22.0. The van der Waals surface area contributed by atoms with Crippen LogP contribution in [0.4, 0.5) is 10.5 Å². The molecule has 1 aliphatic heterocycles. The van der Waals surface area contributed by atoms with E-state index in [-0.39, 0.29) is 17.5 Å². The molecule has 0 spiro atoms. The van der Waals surface area contributed by atoms with Crippen LogP contribution >= 0.6 is 11.3 Å².